The van der Waals surface area contributed by atoms with Gasteiger partial charge in [-0.1, -0.05) is 23.7 Å². The van der Waals surface area contributed by atoms with Crippen LogP contribution in [0.2, 0.25) is 5.02 Å². The molecule has 1 aromatic rings. The summed E-state index contributed by atoms with van der Waals surface area (Å²) in [7, 11) is 2.21. The molecule has 2 bridgehead atoms. The van der Waals surface area contributed by atoms with Crippen molar-refractivity contribution in [2.45, 2.75) is 37.3 Å². The third kappa shape index (κ3) is 3.06. The maximum atomic E-state index is 9.76. The zero-order chi connectivity index (χ0) is 12.7. The van der Waals surface area contributed by atoms with E-state index in [2.05, 4.69) is 24.1 Å². The van der Waals surface area contributed by atoms with Crippen molar-refractivity contribution < 1.29 is 49.2 Å². The van der Waals surface area contributed by atoms with Crippen LogP contribution in [0.25, 0.3) is 0 Å². The first kappa shape index (κ1) is 16.2. The van der Waals surface area contributed by atoms with Crippen molar-refractivity contribution in [1.82, 2.24) is 4.90 Å². The second-order valence-electron chi connectivity index (χ2n) is 5.70. The van der Waals surface area contributed by atoms with E-state index >= 15 is 0 Å². The Kier molecular flexibility index (Phi) is 5.78. The molecule has 0 amide bonds. The van der Waals surface area contributed by atoms with Crippen LogP contribution >= 0.6 is 11.6 Å². The average Bonchev–Trinajstić information content (AvgIpc) is 2.63. The number of halogens is 1. The van der Waals surface area contributed by atoms with Gasteiger partial charge in [0.25, 0.3) is 0 Å². The van der Waals surface area contributed by atoms with Gasteiger partial charge in [-0.05, 0) is 49.9 Å². The number of aliphatic hydroxyl groups excluding tert-OH is 1. The molecular weight excluding hydrogens is 473 g/mol. The van der Waals surface area contributed by atoms with Crippen molar-refractivity contribution in [1.29, 1.82) is 0 Å². The molecule has 1 aromatic carbocycles. The van der Waals surface area contributed by atoms with Gasteiger partial charge in [-0.25, -0.2) is 0 Å². The first-order valence-electron chi connectivity index (χ1n) is 6.79. The molecule has 1 N–H and O–H groups in total. The van der Waals surface area contributed by atoms with E-state index in [9.17, 15) is 5.11 Å². The van der Waals surface area contributed by atoms with Gasteiger partial charge in [0.1, 0.15) is 0 Å². The molecule has 0 saturated carbocycles. The Bertz CT molecular complexity index is 425. The second-order valence-corrected chi connectivity index (χ2v) is 6.14. The fraction of sp³-hybridized carbons (Fsp3) is 0.600. The van der Waals surface area contributed by atoms with Gasteiger partial charge in [-0.2, -0.15) is 0 Å². The number of hydrogen-bond donors (Lipinski definition) is 1. The van der Waals surface area contributed by atoms with Crippen LogP contribution in [-0.2, 0) is 0 Å². The molecule has 0 spiro atoms. The molecule has 2 nitrogen and oxygen atoms in total. The van der Waals surface area contributed by atoms with Crippen molar-refractivity contribution in [3.05, 3.63) is 34.9 Å². The predicted octanol–water partition coefficient (Wildman–Crippen LogP) is 2.90. The van der Waals surface area contributed by atoms with Crippen LogP contribution in [0.1, 0.15) is 30.7 Å². The zero-order valence-electron chi connectivity index (χ0n) is 11.3. The van der Waals surface area contributed by atoms with Crippen LogP contribution in [0, 0.1) is 50.0 Å². The van der Waals surface area contributed by atoms with Gasteiger partial charge in [-0.3, -0.25) is 0 Å². The average molecular weight is 493 g/mol. The van der Waals surface area contributed by atoms with Gasteiger partial charge in [0.15, 0.2) is 0 Å². The number of benzene rings is 1. The van der Waals surface area contributed by atoms with Crippen molar-refractivity contribution in [3.8, 4) is 0 Å². The number of rotatable bonds is 2. The van der Waals surface area contributed by atoms with E-state index in [0.717, 1.165) is 5.02 Å². The van der Waals surface area contributed by atoms with Gasteiger partial charge in [0, 0.05) is 73.7 Å². The summed E-state index contributed by atoms with van der Waals surface area (Å²) in [5.74, 6) is 0.857. The summed E-state index contributed by atoms with van der Waals surface area (Å²) in [6.45, 7) is 0.287. The minimum atomic E-state index is 0. The maximum absolute atomic E-state index is 9.76. The number of piperidine rings is 1. The van der Waals surface area contributed by atoms with Crippen molar-refractivity contribution in [2.75, 3.05) is 13.7 Å². The maximum Gasteiger partial charge on any atom is 0.0480 e. The van der Waals surface area contributed by atoms with Crippen LogP contribution in [-0.4, -0.2) is 35.7 Å². The molecule has 0 aromatic heterocycles. The summed E-state index contributed by atoms with van der Waals surface area (Å²) in [4.78, 5) is 2.48. The Morgan fingerprint density at radius 2 is 1.95 bits per heavy atom. The van der Waals surface area contributed by atoms with E-state index in [1.54, 1.807) is 0 Å². The molecule has 2 saturated heterocycles. The molecule has 3 rings (SSSR count). The van der Waals surface area contributed by atoms with E-state index in [-0.39, 0.29) is 50.7 Å². The Hall–Kier alpha value is 0.872. The fourth-order valence-corrected chi connectivity index (χ4v) is 4.05. The minimum absolute atomic E-state index is 0. The van der Waals surface area contributed by atoms with Gasteiger partial charge in [0.2, 0.25) is 0 Å². The molecule has 101 valence electrons. The molecule has 2 heterocycles. The molecule has 1 radical (unpaired) electrons. The summed E-state index contributed by atoms with van der Waals surface area (Å²) >= 11 is 5.96. The largest absolute Gasteiger partial charge is 0.396 e. The van der Waals surface area contributed by atoms with Gasteiger partial charge < -0.3 is 10.0 Å². The topological polar surface area (TPSA) is 23.5 Å². The first-order chi connectivity index (χ1) is 8.70. The van der Waals surface area contributed by atoms with Gasteiger partial charge in [0.05, 0.1) is 0 Å². The molecule has 2 aliphatic heterocycles. The Labute approximate surface area is 156 Å². The summed E-state index contributed by atoms with van der Waals surface area (Å²) in [5.41, 5.74) is 1.34. The van der Waals surface area contributed by atoms with E-state index in [4.69, 9.17) is 11.6 Å². The smallest absolute Gasteiger partial charge is 0.0480 e. The quantitative estimate of drug-likeness (QED) is 0.686. The molecule has 4 heteroatoms. The van der Waals surface area contributed by atoms with Crippen LogP contribution in [0.3, 0.4) is 0 Å². The summed E-state index contributed by atoms with van der Waals surface area (Å²) in [6, 6.07) is 9.42. The van der Waals surface area contributed by atoms with E-state index in [0.29, 0.717) is 23.9 Å². The third-order valence-corrected chi connectivity index (χ3v) is 5.19. The normalized spacial score (nSPS) is 34.1. The molecule has 4 atom stereocenters. The molecule has 2 fully saturated rings. The van der Waals surface area contributed by atoms with E-state index < -0.39 is 0 Å². The Balaban J connectivity index is 0.00000133. The van der Waals surface area contributed by atoms with Gasteiger partial charge >= 0.3 is 0 Å². The Morgan fingerprint density at radius 1 is 1.26 bits per heavy atom. The monoisotopic (exact) mass is 492 g/mol. The van der Waals surface area contributed by atoms with Crippen molar-refractivity contribution in [2.24, 2.45) is 5.92 Å². The zero-order valence-corrected chi connectivity index (χ0v) is 16.8. The number of hydrogen-bond acceptors (Lipinski definition) is 2. The first-order valence-corrected chi connectivity index (χ1v) is 7.16. The van der Waals surface area contributed by atoms with Crippen LogP contribution in [0.4, 0.5) is 0 Å². The third-order valence-electron chi connectivity index (χ3n) is 4.94. The number of nitrogens with zero attached hydrogens (tertiary/aromatic N) is 1. The predicted molar refractivity (Wildman–Crippen MR) is 74.0 cm³/mol. The van der Waals surface area contributed by atoms with E-state index in [1.165, 1.54) is 24.8 Å². The Morgan fingerprint density at radius 3 is 2.58 bits per heavy atom. The molecule has 2 aliphatic rings. The summed E-state index contributed by atoms with van der Waals surface area (Å²) < 4.78 is 0. The van der Waals surface area contributed by atoms with Crippen LogP contribution in [0.5, 0.6) is 0 Å². The molecular formula is C15H20AcClNO. The van der Waals surface area contributed by atoms with Gasteiger partial charge in [-0.15, -0.1) is 0 Å². The van der Waals surface area contributed by atoms with Crippen molar-refractivity contribution in [3.63, 3.8) is 0 Å². The summed E-state index contributed by atoms with van der Waals surface area (Å²) in [6.07, 6.45) is 3.68. The number of aliphatic hydroxyl groups is 1. The van der Waals surface area contributed by atoms with Crippen LogP contribution in [0.15, 0.2) is 24.3 Å². The molecule has 4 unspecified atom stereocenters. The fourth-order valence-electron chi connectivity index (χ4n) is 3.92. The summed E-state index contributed by atoms with van der Waals surface area (Å²) in [5, 5.41) is 10.5. The minimum Gasteiger partial charge on any atom is -0.396 e. The second kappa shape index (κ2) is 6.75. The van der Waals surface area contributed by atoms with Crippen LogP contribution < -0.4 is 0 Å². The standard InChI is InChI=1S/C15H20ClNO.Ac/c1-17-12-6-7-15(17)14(9-18)13(8-12)10-2-4-11(16)5-3-10;/h2-5,12-15,18H,6-9H2,1H3;. The number of fused-ring (bicyclic) bond motifs is 2. The van der Waals surface area contributed by atoms with E-state index in [1.807, 2.05) is 12.1 Å². The van der Waals surface area contributed by atoms with Crippen molar-refractivity contribution >= 4 is 11.6 Å². The molecule has 19 heavy (non-hydrogen) atoms. The SMILES string of the molecule is CN1C2CCC1C(CO)C(c1ccc(Cl)cc1)C2.[Ac]. The molecule has 0 aliphatic carbocycles.